The number of Topliss-reactive ketones (excluding diaryl/α,β-unsaturated/α-hetero) is 1. The fraction of sp³-hybridized carbons (Fsp3) is 0.222. The molecular weight excluding hydrogens is 297 g/mol. The van der Waals surface area contributed by atoms with Crippen molar-refractivity contribution in [3.63, 3.8) is 0 Å². The van der Waals surface area contributed by atoms with Crippen LogP contribution in [-0.2, 0) is 4.79 Å². The summed E-state index contributed by atoms with van der Waals surface area (Å²) < 4.78 is 18.6. The van der Waals surface area contributed by atoms with E-state index in [9.17, 15) is 14.0 Å². The first-order valence-electron chi connectivity index (χ1n) is 7.40. The van der Waals surface area contributed by atoms with E-state index in [0.29, 0.717) is 17.7 Å². The molecule has 2 rings (SSSR count). The zero-order valence-corrected chi connectivity index (χ0v) is 12.8. The molecule has 0 radical (unpaired) electrons. The number of benzene rings is 2. The maximum Gasteiger partial charge on any atom is 0.224 e. The van der Waals surface area contributed by atoms with Gasteiger partial charge in [-0.1, -0.05) is 19.1 Å². The molecule has 0 saturated carbocycles. The van der Waals surface area contributed by atoms with Gasteiger partial charge in [0.05, 0.1) is 0 Å². The van der Waals surface area contributed by atoms with Crippen molar-refractivity contribution in [2.75, 3.05) is 11.9 Å². The number of ether oxygens (including phenoxy) is 1. The monoisotopic (exact) mass is 315 g/mol. The average Bonchev–Trinajstić information content (AvgIpc) is 2.55. The number of anilines is 1. The van der Waals surface area contributed by atoms with Crippen molar-refractivity contribution >= 4 is 17.4 Å². The van der Waals surface area contributed by atoms with Crippen LogP contribution >= 0.6 is 0 Å². The maximum absolute atomic E-state index is 13.4. The molecule has 0 unspecified atom stereocenters. The highest BCUT2D eigenvalue weighted by molar-refractivity contribution is 5.98. The number of halogens is 1. The molecular formula is C18H18FNO3. The highest BCUT2D eigenvalue weighted by atomic mass is 19.1. The molecule has 0 aliphatic carbocycles. The first-order chi connectivity index (χ1) is 11.1. The standard InChI is InChI=1S/C18H18FNO3/c1-2-5-18(22)20-14-10-8-13(9-11-14)16(21)12-23-17-7-4-3-6-15(17)19/h3-4,6-11H,2,5,12H2,1H3,(H,20,22). The average molecular weight is 315 g/mol. The first-order valence-corrected chi connectivity index (χ1v) is 7.40. The van der Waals surface area contributed by atoms with Crippen LogP contribution in [0.4, 0.5) is 10.1 Å². The minimum Gasteiger partial charge on any atom is -0.482 e. The van der Waals surface area contributed by atoms with Crippen molar-refractivity contribution in [1.29, 1.82) is 0 Å². The van der Waals surface area contributed by atoms with E-state index >= 15 is 0 Å². The molecule has 2 aromatic carbocycles. The minimum absolute atomic E-state index is 0.0456. The van der Waals surface area contributed by atoms with Crippen LogP contribution in [-0.4, -0.2) is 18.3 Å². The Balaban J connectivity index is 1.92. The third-order valence-corrected chi connectivity index (χ3v) is 3.16. The lowest BCUT2D eigenvalue weighted by Gasteiger charge is -2.08. The molecule has 2 aromatic rings. The van der Waals surface area contributed by atoms with Crippen LogP contribution < -0.4 is 10.1 Å². The van der Waals surface area contributed by atoms with E-state index in [4.69, 9.17) is 4.74 Å². The first kappa shape index (κ1) is 16.7. The van der Waals surface area contributed by atoms with Gasteiger partial charge in [0.25, 0.3) is 0 Å². The molecule has 0 spiro atoms. The lowest BCUT2D eigenvalue weighted by Crippen LogP contribution is -2.13. The van der Waals surface area contributed by atoms with E-state index in [-0.39, 0.29) is 24.0 Å². The lowest BCUT2D eigenvalue weighted by molar-refractivity contribution is -0.116. The Labute approximate surface area is 134 Å². The van der Waals surface area contributed by atoms with Gasteiger partial charge in [-0.3, -0.25) is 9.59 Å². The second-order valence-corrected chi connectivity index (χ2v) is 5.02. The lowest BCUT2D eigenvalue weighted by atomic mass is 10.1. The van der Waals surface area contributed by atoms with Crippen LogP contribution in [0.25, 0.3) is 0 Å². The van der Waals surface area contributed by atoms with Crippen LogP contribution in [0, 0.1) is 5.82 Å². The second-order valence-electron chi connectivity index (χ2n) is 5.02. The quantitative estimate of drug-likeness (QED) is 0.790. The topological polar surface area (TPSA) is 55.4 Å². The fourth-order valence-corrected chi connectivity index (χ4v) is 1.98. The third kappa shape index (κ3) is 4.92. The number of rotatable bonds is 7. The van der Waals surface area contributed by atoms with Gasteiger partial charge in [0.15, 0.2) is 24.0 Å². The van der Waals surface area contributed by atoms with Gasteiger partial charge in [0.1, 0.15) is 0 Å². The number of carbonyl (C=O) groups excluding carboxylic acids is 2. The van der Waals surface area contributed by atoms with Crippen molar-refractivity contribution in [3.8, 4) is 5.75 Å². The summed E-state index contributed by atoms with van der Waals surface area (Å²) in [6.07, 6.45) is 1.23. The van der Waals surface area contributed by atoms with Crippen molar-refractivity contribution in [2.45, 2.75) is 19.8 Å². The summed E-state index contributed by atoms with van der Waals surface area (Å²) in [5, 5.41) is 2.74. The fourth-order valence-electron chi connectivity index (χ4n) is 1.98. The van der Waals surface area contributed by atoms with Gasteiger partial charge < -0.3 is 10.1 Å². The smallest absolute Gasteiger partial charge is 0.224 e. The Hall–Kier alpha value is -2.69. The molecule has 0 aliphatic heterocycles. The van der Waals surface area contributed by atoms with Gasteiger partial charge in [-0.05, 0) is 42.8 Å². The summed E-state index contributed by atoms with van der Waals surface area (Å²) in [5.74, 6) is -0.785. The molecule has 0 saturated heterocycles. The molecule has 0 atom stereocenters. The molecule has 1 N–H and O–H groups in total. The zero-order valence-electron chi connectivity index (χ0n) is 12.8. The summed E-state index contributed by atoms with van der Waals surface area (Å²) in [4.78, 5) is 23.5. The molecule has 5 heteroatoms. The van der Waals surface area contributed by atoms with Gasteiger partial charge in [-0.2, -0.15) is 0 Å². The molecule has 0 fully saturated rings. The summed E-state index contributed by atoms with van der Waals surface area (Å²) >= 11 is 0. The zero-order chi connectivity index (χ0) is 16.7. The molecule has 1 amide bonds. The van der Waals surface area contributed by atoms with Crippen molar-refractivity contribution in [3.05, 3.63) is 59.9 Å². The van der Waals surface area contributed by atoms with E-state index in [2.05, 4.69) is 5.32 Å². The maximum atomic E-state index is 13.4. The van der Waals surface area contributed by atoms with Gasteiger partial charge in [-0.15, -0.1) is 0 Å². The Morgan fingerprint density at radius 2 is 1.78 bits per heavy atom. The second kappa shape index (κ2) is 8.08. The van der Waals surface area contributed by atoms with Gasteiger partial charge in [0.2, 0.25) is 5.91 Å². The van der Waals surface area contributed by atoms with Crippen molar-refractivity contribution < 1.29 is 18.7 Å². The predicted molar refractivity (Wildman–Crippen MR) is 86.2 cm³/mol. The molecule has 120 valence electrons. The van der Waals surface area contributed by atoms with Crippen LogP contribution in [0.3, 0.4) is 0 Å². The van der Waals surface area contributed by atoms with Crippen LogP contribution in [0.15, 0.2) is 48.5 Å². The Bertz CT molecular complexity index is 683. The number of ketones is 1. The van der Waals surface area contributed by atoms with E-state index in [1.54, 1.807) is 36.4 Å². The van der Waals surface area contributed by atoms with Crippen LogP contribution in [0.1, 0.15) is 30.1 Å². The van der Waals surface area contributed by atoms with E-state index < -0.39 is 5.82 Å². The highest BCUT2D eigenvalue weighted by Gasteiger charge is 2.09. The Morgan fingerprint density at radius 3 is 2.43 bits per heavy atom. The van der Waals surface area contributed by atoms with Gasteiger partial charge in [0, 0.05) is 17.7 Å². The molecule has 0 heterocycles. The third-order valence-electron chi connectivity index (χ3n) is 3.16. The summed E-state index contributed by atoms with van der Waals surface area (Å²) in [6.45, 7) is 1.68. The number of para-hydroxylation sites is 1. The summed E-state index contributed by atoms with van der Waals surface area (Å²) in [7, 11) is 0. The predicted octanol–water partition coefficient (Wildman–Crippen LogP) is 3.83. The number of amides is 1. The van der Waals surface area contributed by atoms with E-state index in [1.165, 1.54) is 12.1 Å². The van der Waals surface area contributed by atoms with Gasteiger partial charge >= 0.3 is 0 Å². The van der Waals surface area contributed by atoms with E-state index in [0.717, 1.165) is 6.42 Å². The van der Waals surface area contributed by atoms with E-state index in [1.807, 2.05) is 6.92 Å². The van der Waals surface area contributed by atoms with Crippen LogP contribution in [0.5, 0.6) is 5.75 Å². The largest absolute Gasteiger partial charge is 0.482 e. The molecule has 0 bridgehead atoms. The molecule has 23 heavy (non-hydrogen) atoms. The molecule has 0 aromatic heterocycles. The van der Waals surface area contributed by atoms with Gasteiger partial charge in [-0.25, -0.2) is 4.39 Å². The number of hydrogen-bond acceptors (Lipinski definition) is 3. The normalized spacial score (nSPS) is 10.2. The highest BCUT2D eigenvalue weighted by Crippen LogP contribution is 2.16. The minimum atomic E-state index is -0.505. The van der Waals surface area contributed by atoms with Crippen LogP contribution in [0.2, 0.25) is 0 Å². The summed E-state index contributed by atoms with van der Waals surface area (Å²) in [6, 6.07) is 12.5. The van der Waals surface area contributed by atoms with Crippen molar-refractivity contribution in [1.82, 2.24) is 0 Å². The molecule has 4 nitrogen and oxygen atoms in total. The Morgan fingerprint density at radius 1 is 1.09 bits per heavy atom. The molecule has 0 aliphatic rings. The summed E-state index contributed by atoms with van der Waals surface area (Å²) in [5.41, 5.74) is 1.07. The number of nitrogens with one attached hydrogen (secondary N) is 1. The van der Waals surface area contributed by atoms with Crippen molar-refractivity contribution in [2.24, 2.45) is 0 Å². The SMILES string of the molecule is CCCC(=O)Nc1ccc(C(=O)COc2ccccc2F)cc1. The Kier molecular flexibility index (Phi) is 5.86. The number of carbonyl (C=O) groups is 2. The number of hydrogen-bond donors (Lipinski definition) is 1.